The van der Waals surface area contributed by atoms with Gasteiger partial charge in [-0.2, -0.15) is 8.78 Å². The van der Waals surface area contributed by atoms with Gasteiger partial charge in [-0.25, -0.2) is 15.0 Å². The summed E-state index contributed by atoms with van der Waals surface area (Å²) in [5.41, 5.74) is 4.86. The van der Waals surface area contributed by atoms with Crippen LogP contribution in [0.3, 0.4) is 0 Å². The molecule has 2 saturated carbocycles. The molecule has 2 fully saturated rings. The summed E-state index contributed by atoms with van der Waals surface area (Å²) in [5.74, 6) is 0.788. The Bertz CT molecular complexity index is 1440. The standard InChI is InChI=1S/C27H24F2N4O3/c1-14-21(10-15-4-2-3-5-22(15)36-27(28)29)33-13-16(6-7-23(33)32-14)18-11-30-25(31-12-18)17-8-19-20(9-17)24(19)26(34)35/h2-7,11-13,17,19-20,24,27H,8-10H2,1H3,(H,34,35)/t17?,19-,20+,24-. The molecule has 36 heavy (non-hydrogen) atoms. The number of imidazole rings is 1. The number of pyridine rings is 1. The van der Waals surface area contributed by atoms with E-state index in [1.807, 2.05) is 29.7 Å². The molecule has 6 rings (SSSR count). The highest BCUT2D eigenvalue weighted by Gasteiger charge is 2.60. The summed E-state index contributed by atoms with van der Waals surface area (Å²) in [4.78, 5) is 25.1. The van der Waals surface area contributed by atoms with Gasteiger partial charge >= 0.3 is 12.6 Å². The van der Waals surface area contributed by atoms with Crippen molar-refractivity contribution >= 4 is 11.6 Å². The van der Waals surface area contributed by atoms with Crippen molar-refractivity contribution in [3.63, 3.8) is 0 Å². The van der Waals surface area contributed by atoms with E-state index in [2.05, 4.69) is 15.0 Å². The van der Waals surface area contributed by atoms with Gasteiger partial charge in [0, 0.05) is 53.3 Å². The lowest BCUT2D eigenvalue weighted by molar-refractivity contribution is -0.139. The average Bonchev–Trinajstić information content (AvgIpc) is 3.21. The van der Waals surface area contributed by atoms with Crippen LogP contribution in [0, 0.1) is 24.7 Å². The maximum atomic E-state index is 12.9. The molecule has 2 aliphatic carbocycles. The first-order valence-electron chi connectivity index (χ1n) is 11.9. The zero-order chi connectivity index (χ0) is 25.0. The number of hydrogen-bond acceptors (Lipinski definition) is 5. The van der Waals surface area contributed by atoms with E-state index >= 15 is 0 Å². The molecule has 1 unspecified atom stereocenters. The van der Waals surface area contributed by atoms with E-state index in [1.165, 1.54) is 0 Å². The van der Waals surface area contributed by atoms with Crippen LogP contribution in [-0.4, -0.2) is 37.0 Å². The molecule has 3 aromatic heterocycles. The number of aryl methyl sites for hydroxylation is 1. The second-order valence-corrected chi connectivity index (χ2v) is 9.64. The molecular formula is C27H24F2N4O3. The van der Waals surface area contributed by atoms with Crippen LogP contribution in [0.1, 0.15) is 41.5 Å². The van der Waals surface area contributed by atoms with Crippen LogP contribution in [0.5, 0.6) is 5.75 Å². The first kappa shape index (κ1) is 22.6. The number of nitrogens with zero attached hydrogens (tertiary/aromatic N) is 4. The Morgan fingerprint density at radius 3 is 2.53 bits per heavy atom. The number of fused-ring (bicyclic) bond motifs is 2. The highest BCUT2D eigenvalue weighted by atomic mass is 19.3. The molecule has 3 heterocycles. The van der Waals surface area contributed by atoms with Crippen LogP contribution in [0.15, 0.2) is 55.0 Å². The van der Waals surface area contributed by atoms with Crippen molar-refractivity contribution in [2.24, 2.45) is 17.8 Å². The minimum atomic E-state index is -2.89. The normalized spacial score (nSPS) is 22.7. The fourth-order valence-electron chi connectivity index (χ4n) is 5.75. The molecule has 2 aliphatic rings. The predicted molar refractivity (Wildman–Crippen MR) is 127 cm³/mol. The van der Waals surface area contributed by atoms with Crippen molar-refractivity contribution < 1.29 is 23.4 Å². The number of aromatic nitrogens is 4. The molecule has 4 atom stereocenters. The Morgan fingerprint density at radius 2 is 1.83 bits per heavy atom. The van der Waals surface area contributed by atoms with E-state index < -0.39 is 12.6 Å². The number of aliphatic carboxylic acids is 1. The molecule has 7 nitrogen and oxygen atoms in total. The van der Waals surface area contributed by atoms with Crippen LogP contribution in [-0.2, 0) is 11.2 Å². The molecule has 0 aliphatic heterocycles. The lowest BCUT2D eigenvalue weighted by Gasteiger charge is -2.13. The Labute approximate surface area is 205 Å². The summed E-state index contributed by atoms with van der Waals surface area (Å²) in [6, 6.07) is 10.7. The van der Waals surface area contributed by atoms with Gasteiger partial charge in [-0.1, -0.05) is 18.2 Å². The third-order valence-electron chi connectivity index (χ3n) is 7.56. The molecule has 4 aromatic rings. The molecule has 0 amide bonds. The van der Waals surface area contributed by atoms with Crippen molar-refractivity contribution in [2.75, 3.05) is 0 Å². The number of carbonyl (C=O) groups is 1. The maximum absolute atomic E-state index is 12.9. The minimum absolute atomic E-state index is 0.154. The summed E-state index contributed by atoms with van der Waals surface area (Å²) >= 11 is 0. The summed E-state index contributed by atoms with van der Waals surface area (Å²) in [6.07, 6.45) is 7.62. The molecule has 0 radical (unpaired) electrons. The molecule has 1 aromatic carbocycles. The predicted octanol–water partition coefficient (Wildman–Crippen LogP) is 5.12. The second kappa shape index (κ2) is 8.65. The molecule has 9 heteroatoms. The monoisotopic (exact) mass is 490 g/mol. The number of benzene rings is 1. The summed E-state index contributed by atoms with van der Waals surface area (Å²) in [6.45, 7) is -0.991. The number of alkyl halides is 2. The Balaban J connectivity index is 1.25. The summed E-state index contributed by atoms with van der Waals surface area (Å²) < 4.78 is 32.4. The van der Waals surface area contributed by atoms with Crippen LogP contribution in [0.4, 0.5) is 8.78 Å². The molecule has 1 N–H and O–H groups in total. The van der Waals surface area contributed by atoms with Gasteiger partial charge in [-0.05, 0) is 49.8 Å². The third kappa shape index (κ3) is 3.98. The SMILES string of the molecule is Cc1nc2ccc(-c3cnc(C4C[C@@H]5[C@H](C4)[C@@H]5C(=O)O)nc3)cn2c1Cc1ccccc1OC(F)F. The first-order valence-corrected chi connectivity index (χ1v) is 11.9. The molecule has 0 spiro atoms. The van der Waals surface area contributed by atoms with E-state index in [-0.39, 0.29) is 29.4 Å². The minimum Gasteiger partial charge on any atom is -0.481 e. The van der Waals surface area contributed by atoms with Gasteiger partial charge in [0.05, 0.1) is 11.6 Å². The fourth-order valence-corrected chi connectivity index (χ4v) is 5.75. The lowest BCUT2D eigenvalue weighted by Crippen LogP contribution is -2.09. The Hall–Kier alpha value is -3.88. The van der Waals surface area contributed by atoms with E-state index in [0.29, 0.717) is 12.0 Å². The van der Waals surface area contributed by atoms with Crippen molar-refractivity contribution in [2.45, 2.75) is 38.7 Å². The number of hydrogen-bond donors (Lipinski definition) is 1. The van der Waals surface area contributed by atoms with E-state index in [0.717, 1.165) is 46.8 Å². The smallest absolute Gasteiger partial charge is 0.387 e. The number of carboxylic acids is 1. The largest absolute Gasteiger partial charge is 0.481 e. The van der Waals surface area contributed by atoms with Crippen molar-refractivity contribution in [1.29, 1.82) is 0 Å². The fraction of sp³-hybridized carbons (Fsp3) is 0.333. The zero-order valence-electron chi connectivity index (χ0n) is 19.5. The van der Waals surface area contributed by atoms with Crippen LogP contribution < -0.4 is 4.74 Å². The molecular weight excluding hydrogens is 466 g/mol. The number of para-hydroxylation sites is 1. The molecule has 0 saturated heterocycles. The topological polar surface area (TPSA) is 89.6 Å². The van der Waals surface area contributed by atoms with Gasteiger partial charge < -0.3 is 14.2 Å². The van der Waals surface area contributed by atoms with Gasteiger partial charge in [0.1, 0.15) is 17.2 Å². The number of carboxylic acid groups (broad SMARTS) is 1. The first-order chi connectivity index (χ1) is 17.4. The molecule has 184 valence electrons. The van der Waals surface area contributed by atoms with Crippen LogP contribution in [0.2, 0.25) is 0 Å². The highest BCUT2D eigenvalue weighted by molar-refractivity contribution is 5.74. The van der Waals surface area contributed by atoms with E-state index in [4.69, 9.17) is 4.74 Å². The van der Waals surface area contributed by atoms with Crippen LogP contribution >= 0.6 is 0 Å². The summed E-state index contributed by atoms with van der Waals surface area (Å²) in [5, 5.41) is 9.23. The van der Waals surface area contributed by atoms with Gasteiger partial charge in [0.15, 0.2) is 0 Å². The number of ether oxygens (including phenoxy) is 1. The third-order valence-corrected chi connectivity index (χ3v) is 7.56. The number of halogens is 2. The zero-order valence-corrected chi connectivity index (χ0v) is 19.5. The quantitative estimate of drug-likeness (QED) is 0.387. The maximum Gasteiger partial charge on any atom is 0.387 e. The van der Waals surface area contributed by atoms with E-state index in [9.17, 15) is 18.7 Å². The Kier molecular flexibility index (Phi) is 5.43. The van der Waals surface area contributed by atoms with Crippen molar-refractivity contribution in [1.82, 2.24) is 19.4 Å². The van der Waals surface area contributed by atoms with Crippen molar-refractivity contribution in [3.05, 3.63) is 77.8 Å². The lowest BCUT2D eigenvalue weighted by atomic mass is 9.99. The number of rotatable bonds is 7. The Morgan fingerprint density at radius 1 is 1.11 bits per heavy atom. The van der Waals surface area contributed by atoms with Gasteiger partial charge in [0.2, 0.25) is 0 Å². The van der Waals surface area contributed by atoms with Gasteiger partial charge in [-0.3, -0.25) is 4.79 Å². The summed E-state index contributed by atoms with van der Waals surface area (Å²) in [7, 11) is 0. The molecule has 0 bridgehead atoms. The van der Waals surface area contributed by atoms with E-state index in [1.54, 1.807) is 36.7 Å². The van der Waals surface area contributed by atoms with Crippen molar-refractivity contribution in [3.8, 4) is 16.9 Å². The average molecular weight is 491 g/mol. The van der Waals surface area contributed by atoms with Gasteiger partial charge in [-0.15, -0.1) is 0 Å². The highest BCUT2D eigenvalue weighted by Crippen LogP contribution is 2.61. The van der Waals surface area contributed by atoms with Gasteiger partial charge in [0.25, 0.3) is 0 Å². The second-order valence-electron chi connectivity index (χ2n) is 9.64. The van der Waals surface area contributed by atoms with Crippen LogP contribution in [0.25, 0.3) is 16.8 Å².